The van der Waals surface area contributed by atoms with E-state index in [0.717, 1.165) is 24.4 Å². The molecule has 1 aromatic carbocycles. The average molecular weight is 369 g/mol. The molecule has 1 saturated heterocycles. The van der Waals surface area contributed by atoms with E-state index in [4.69, 9.17) is 4.52 Å². The fourth-order valence-electron chi connectivity index (χ4n) is 2.34. The molecule has 4 nitrogen and oxygen atoms in total. The molecule has 1 aliphatic heterocycles. The maximum Gasteiger partial charge on any atom is 0.257 e. The Morgan fingerprint density at radius 3 is 2.84 bits per heavy atom. The molecule has 0 aliphatic carbocycles. The Bertz CT molecular complexity index is 530. The van der Waals surface area contributed by atoms with Crippen LogP contribution in [0.2, 0.25) is 0 Å². The molecule has 100 valence electrons. The lowest BCUT2D eigenvalue weighted by Crippen LogP contribution is -2.21. The van der Waals surface area contributed by atoms with Crippen molar-refractivity contribution in [2.24, 2.45) is 0 Å². The van der Waals surface area contributed by atoms with Crippen LogP contribution in [-0.2, 0) is 0 Å². The standard InChI is InChI=1S/C14H16IN3O/c15-11-7-5-10(6-8-11)14-17-13(18-19-14)12-4-2-1-3-9-16-12/h5-8,12,16H,1-4,9H2. The van der Waals surface area contributed by atoms with E-state index in [9.17, 15) is 0 Å². The van der Waals surface area contributed by atoms with Crippen LogP contribution in [0.5, 0.6) is 0 Å². The van der Waals surface area contributed by atoms with Crippen LogP contribution in [0.3, 0.4) is 0 Å². The molecule has 0 bridgehead atoms. The average Bonchev–Trinajstić information content (AvgIpc) is 2.76. The highest BCUT2D eigenvalue weighted by Crippen LogP contribution is 2.24. The Labute approximate surface area is 126 Å². The summed E-state index contributed by atoms with van der Waals surface area (Å²) in [5.41, 5.74) is 0.979. The second-order valence-electron chi connectivity index (χ2n) is 4.82. The Hall–Kier alpha value is -0.950. The summed E-state index contributed by atoms with van der Waals surface area (Å²) in [6, 6.07) is 8.36. The fourth-order valence-corrected chi connectivity index (χ4v) is 2.69. The normalized spacial score (nSPS) is 20.2. The lowest BCUT2D eigenvalue weighted by atomic mass is 10.1. The van der Waals surface area contributed by atoms with Gasteiger partial charge in [-0.2, -0.15) is 4.98 Å². The minimum atomic E-state index is 0.240. The second-order valence-corrected chi connectivity index (χ2v) is 6.07. The molecule has 1 fully saturated rings. The molecule has 3 rings (SSSR count). The first-order chi connectivity index (χ1) is 9.33. The van der Waals surface area contributed by atoms with Gasteiger partial charge in [-0.25, -0.2) is 0 Å². The van der Waals surface area contributed by atoms with Crippen molar-refractivity contribution in [3.05, 3.63) is 33.7 Å². The molecule has 1 atom stereocenters. The van der Waals surface area contributed by atoms with Gasteiger partial charge in [-0.1, -0.05) is 18.0 Å². The Kier molecular flexibility index (Phi) is 4.12. The van der Waals surface area contributed by atoms with Crippen LogP contribution in [0.25, 0.3) is 11.5 Å². The quantitative estimate of drug-likeness (QED) is 0.823. The molecule has 0 radical (unpaired) electrons. The lowest BCUT2D eigenvalue weighted by molar-refractivity contribution is 0.402. The third-order valence-electron chi connectivity index (χ3n) is 3.40. The van der Waals surface area contributed by atoms with Crippen molar-refractivity contribution in [3.63, 3.8) is 0 Å². The maximum atomic E-state index is 5.38. The SMILES string of the molecule is Ic1ccc(-c2nc(C3CCCCCN3)no2)cc1. The van der Waals surface area contributed by atoms with E-state index in [2.05, 4.69) is 38.0 Å². The first-order valence-electron chi connectivity index (χ1n) is 6.66. The highest BCUT2D eigenvalue weighted by atomic mass is 127. The molecular weight excluding hydrogens is 353 g/mol. The smallest absolute Gasteiger partial charge is 0.257 e. The molecule has 1 aliphatic rings. The first kappa shape index (κ1) is 13.1. The largest absolute Gasteiger partial charge is 0.334 e. The molecule has 19 heavy (non-hydrogen) atoms. The van der Waals surface area contributed by atoms with Crippen LogP contribution in [0, 0.1) is 3.57 Å². The van der Waals surface area contributed by atoms with E-state index in [1.807, 2.05) is 24.3 Å². The molecule has 5 heteroatoms. The van der Waals surface area contributed by atoms with Crippen molar-refractivity contribution in [2.75, 3.05) is 6.54 Å². The summed E-state index contributed by atoms with van der Waals surface area (Å²) in [4.78, 5) is 4.53. The fraction of sp³-hybridized carbons (Fsp3) is 0.429. The van der Waals surface area contributed by atoms with Crippen molar-refractivity contribution < 1.29 is 4.52 Å². The molecule has 0 saturated carbocycles. The van der Waals surface area contributed by atoms with Crippen LogP contribution >= 0.6 is 22.6 Å². The molecular formula is C14H16IN3O. The number of halogens is 1. The minimum Gasteiger partial charge on any atom is -0.334 e. The van der Waals surface area contributed by atoms with E-state index in [-0.39, 0.29) is 6.04 Å². The van der Waals surface area contributed by atoms with Crippen LogP contribution in [0.15, 0.2) is 28.8 Å². The van der Waals surface area contributed by atoms with Gasteiger partial charge in [0.2, 0.25) is 0 Å². The summed E-state index contributed by atoms with van der Waals surface area (Å²) in [6.45, 7) is 1.04. The predicted molar refractivity (Wildman–Crippen MR) is 81.7 cm³/mol. The van der Waals surface area contributed by atoms with Crippen molar-refractivity contribution in [1.82, 2.24) is 15.5 Å². The van der Waals surface area contributed by atoms with Gasteiger partial charge in [-0.05, 0) is 66.2 Å². The summed E-state index contributed by atoms with van der Waals surface area (Å²) in [6.07, 6.45) is 4.83. The van der Waals surface area contributed by atoms with Gasteiger partial charge >= 0.3 is 0 Å². The van der Waals surface area contributed by atoms with Crippen LogP contribution in [0.1, 0.15) is 37.5 Å². The zero-order valence-corrected chi connectivity index (χ0v) is 12.8. The van der Waals surface area contributed by atoms with Gasteiger partial charge < -0.3 is 9.84 Å². The number of hydrogen-bond acceptors (Lipinski definition) is 4. The molecule has 0 spiro atoms. The van der Waals surface area contributed by atoms with Gasteiger partial charge in [0.1, 0.15) is 0 Å². The van der Waals surface area contributed by atoms with Gasteiger partial charge in [-0.15, -0.1) is 0 Å². The third kappa shape index (κ3) is 3.14. The molecule has 2 heterocycles. The van der Waals surface area contributed by atoms with Crippen molar-refractivity contribution in [3.8, 4) is 11.5 Å². The zero-order chi connectivity index (χ0) is 13.1. The second kappa shape index (κ2) is 6.00. The number of nitrogens with one attached hydrogen (secondary N) is 1. The molecule has 1 N–H and O–H groups in total. The number of nitrogens with zero attached hydrogens (tertiary/aromatic N) is 2. The Balaban J connectivity index is 1.80. The van der Waals surface area contributed by atoms with Gasteiger partial charge in [0.05, 0.1) is 6.04 Å². The summed E-state index contributed by atoms with van der Waals surface area (Å²) < 4.78 is 6.58. The van der Waals surface area contributed by atoms with E-state index in [0.29, 0.717) is 5.89 Å². The van der Waals surface area contributed by atoms with Gasteiger partial charge in [0.25, 0.3) is 5.89 Å². The van der Waals surface area contributed by atoms with E-state index >= 15 is 0 Å². The van der Waals surface area contributed by atoms with Gasteiger partial charge in [0.15, 0.2) is 5.82 Å². The monoisotopic (exact) mass is 369 g/mol. The Morgan fingerprint density at radius 1 is 1.16 bits per heavy atom. The highest BCUT2D eigenvalue weighted by Gasteiger charge is 2.19. The number of benzene rings is 1. The molecule has 1 unspecified atom stereocenters. The van der Waals surface area contributed by atoms with Crippen molar-refractivity contribution in [1.29, 1.82) is 0 Å². The van der Waals surface area contributed by atoms with Crippen molar-refractivity contribution >= 4 is 22.6 Å². The van der Waals surface area contributed by atoms with E-state index in [1.54, 1.807) is 0 Å². The first-order valence-corrected chi connectivity index (χ1v) is 7.74. The summed E-state index contributed by atoms with van der Waals surface area (Å²) in [5, 5.41) is 7.62. The van der Waals surface area contributed by atoms with Crippen LogP contribution < -0.4 is 5.32 Å². The molecule has 2 aromatic rings. The number of aromatic nitrogens is 2. The third-order valence-corrected chi connectivity index (χ3v) is 4.12. The van der Waals surface area contributed by atoms with E-state index < -0.39 is 0 Å². The highest BCUT2D eigenvalue weighted by molar-refractivity contribution is 14.1. The maximum absolute atomic E-state index is 5.38. The summed E-state index contributed by atoms with van der Waals surface area (Å²) in [7, 11) is 0. The van der Waals surface area contributed by atoms with E-state index in [1.165, 1.54) is 22.8 Å². The number of hydrogen-bond donors (Lipinski definition) is 1. The van der Waals surface area contributed by atoms with Crippen molar-refractivity contribution in [2.45, 2.75) is 31.7 Å². The van der Waals surface area contributed by atoms with Crippen LogP contribution in [-0.4, -0.2) is 16.7 Å². The molecule has 0 amide bonds. The predicted octanol–water partition coefficient (Wildman–Crippen LogP) is 3.55. The van der Waals surface area contributed by atoms with Crippen LogP contribution in [0.4, 0.5) is 0 Å². The zero-order valence-electron chi connectivity index (χ0n) is 10.6. The number of rotatable bonds is 2. The molecule has 1 aromatic heterocycles. The Morgan fingerprint density at radius 2 is 2.00 bits per heavy atom. The summed E-state index contributed by atoms with van der Waals surface area (Å²) >= 11 is 2.28. The topological polar surface area (TPSA) is 51.0 Å². The summed E-state index contributed by atoms with van der Waals surface area (Å²) in [5.74, 6) is 1.40. The minimum absolute atomic E-state index is 0.240. The lowest BCUT2D eigenvalue weighted by Gasteiger charge is -2.09. The van der Waals surface area contributed by atoms with Gasteiger partial charge in [0, 0.05) is 9.13 Å². The van der Waals surface area contributed by atoms with Gasteiger partial charge in [-0.3, -0.25) is 0 Å².